The number of amides is 2. The van der Waals surface area contributed by atoms with Gasteiger partial charge in [-0.15, -0.1) is 0 Å². The smallest absolute Gasteiger partial charge is 0.242 e. The van der Waals surface area contributed by atoms with Gasteiger partial charge < -0.3 is 10.2 Å². The van der Waals surface area contributed by atoms with Crippen LogP contribution in [0.1, 0.15) is 23.6 Å². The maximum Gasteiger partial charge on any atom is 0.242 e. The molecule has 1 atom stereocenters. The summed E-state index contributed by atoms with van der Waals surface area (Å²) in [6.07, 6.45) is 4.36. The van der Waals surface area contributed by atoms with Crippen LogP contribution in [0.4, 0.5) is 0 Å². The summed E-state index contributed by atoms with van der Waals surface area (Å²) in [6.45, 7) is 1.63. The normalized spacial score (nSPS) is 12.2. The molecular weight excluding hydrogens is 500 g/mol. The molecule has 190 valence electrons. The number of carbonyl (C=O) groups excluding carboxylic acids is 2. The van der Waals surface area contributed by atoms with Gasteiger partial charge in [0.15, 0.2) is 0 Å². The summed E-state index contributed by atoms with van der Waals surface area (Å²) in [6, 6.07) is 18.7. The Labute approximate surface area is 217 Å². The molecule has 1 heterocycles. The van der Waals surface area contributed by atoms with Gasteiger partial charge in [0, 0.05) is 37.1 Å². The van der Waals surface area contributed by atoms with E-state index in [-0.39, 0.29) is 25.5 Å². The van der Waals surface area contributed by atoms with Gasteiger partial charge in [0.25, 0.3) is 0 Å². The molecule has 3 rings (SSSR count). The van der Waals surface area contributed by atoms with E-state index < -0.39 is 28.5 Å². The molecule has 36 heavy (non-hydrogen) atoms. The van der Waals surface area contributed by atoms with Crippen LogP contribution in [-0.2, 0) is 39.2 Å². The summed E-state index contributed by atoms with van der Waals surface area (Å²) < 4.78 is 26.1. The van der Waals surface area contributed by atoms with Crippen LogP contribution in [0, 0.1) is 0 Å². The average molecular weight is 529 g/mol. The molecule has 0 fully saturated rings. The zero-order chi connectivity index (χ0) is 26.1. The Hall–Kier alpha value is -3.27. The highest BCUT2D eigenvalue weighted by atomic mass is 35.5. The number of rotatable bonds is 11. The van der Waals surface area contributed by atoms with Crippen LogP contribution in [0.3, 0.4) is 0 Å². The Kier molecular flexibility index (Phi) is 9.58. The Balaban J connectivity index is 1.80. The number of pyridine rings is 1. The number of aromatic nitrogens is 1. The van der Waals surface area contributed by atoms with Crippen molar-refractivity contribution in [3.63, 3.8) is 0 Å². The summed E-state index contributed by atoms with van der Waals surface area (Å²) in [5.74, 6) is -0.856. The van der Waals surface area contributed by atoms with Gasteiger partial charge in [0.1, 0.15) is 6.04 Å². The number of carbonyl (C=O) groups is 2. The first-order chi connectivity index (χ1) is 17.1. The van der Waals surface area contributed by atoms with E-state index in [1.165, 1.54) is 4.90 Å². The van der Waals surface area contributed by atoms with Crippen molar-refractivity contribution in [1.29, 1.82) is 0 Å². The van der Waals surface area contributed by atoms with Crippen molar-refractivity contribution in [2.24, 2.45) is 0 Å². The lowest BCUT2D eigenvalue weighted by Crippen LogP contribution is -2.50. The summed E-state index contributed by atoms with van der Waals surface area (Å²) in [7, 11) is -3.70. The highest BCUT2D eigenvalue weighted by molar-refractivity contribution is 7.88. The van der Waals surface area contributed by atoms with Crippen LogP contribution >= 0.6 is 11.6 Å². The first-order valence-electron chi connectivity index (χ1n) is 11.3. The summed E-state index contributed by atoms with van der Waals surface area (Å²) in [4.78, 5) is 31.9. The molecule has 1 N–H and O–H groups in total. The Bertz CT molecular complexity index is 1260. The number of nitrogens with one attached hydrogen (secondary N) is 1. The Morgan fingerprint density at radius 2 is 1.58 bits per heavy atom. The predicted octanol–water partition coefficient (Wildman–Crippen LogP) is 3.23. The van der Waals surface area contributed by atoms with Gasteiger partial charge in [-0.05, 0) is 41.8 Å². The molecule has 8 nitrogen and oxygen atoms in total. The topological polar surface area (TPSA) is 99.7 Å². The minimum absolute atomic E-state index is 0.0434. The molecule has 0 radical (unpaired) electrons. The maximum absolute atomic E-state index is 13.5. The summed E-state index contributed by atoms with van der Waals surface area (Å²) >= 11 is 6.00. The second-order valence-electron chi connectivity index (χ2n) is 8.42. The molecule has 1 unspecified atom stereocenters. The van der Waals surface area contributed by atoms with Crippen LogP contribution < -0.4 is 5.32 Å². The molecule has 3 aromatic rings. The molecule has 0 spiro atoms. The van der Waals surface area contributed by atoms with E-state index in [2.05, 4.69) is 10.3 Å². The van der Waals surface area contributed by atoms with E-state index in [0.29, 0.717) is 5.02 Å². The lowest BCUT2D eigenvalue weighted by atomic mass is 10.1. The van der Waals surface area contributed by atoms with E-state index in [1.807, 2.05) is 12.1 Å². The third-order valence-electron chi connectivity index (χ3n) is 5.61. The van der Waals surface area contributed by atoms with Gasteiger partial charge in [-0.25, -0.2) is 8.42 Å². The van der Waals surface area contributed by atoms with Crippen molar-refractivity contribution in [2.45, 2.75) is 32.6 Å². The molecule has 0 bridgehead atoms. The van der Waals surface area contributed by atoms with Gasteiger partial charge in [0.05, 0.1) is 12.8 Å². The van der Waals surface area contributed by atoms with Crippen molar-refractivity contribution >= 4 is 33.4 Å². The maximum atomic E-state index is 13.5. The SMILES string of the molecule is CC(C(=O)NCc1cccnc1)N(Cc1ccc(Cl)cc1)C(=O)CN(Cc1ccccc1)S(C)(=O)=O. The largest absolute Gasteiger partial charge is 0.350 e. The van der Waals surface area contributed by atoms with Gasteiger partial charge >= 0.3 is 0 Å². The molecule has 0 saturated carbocycles. The fraction of sp³-hybridized carbons (Fsp3) is 0.269. The van der Waals surface area contributed by atoms with Crippen LogP contribution in [0.15, 0.2) is 79.1 Å². The number of sulfonamides is 1. The fourth-order valence-corrected chi connectivity index (χ4v) is 4.38. The second kappa shape index (κ2) is 12.6. The van der Waals surface area contributed by atoms with Crippen molar-refractivity contribution in [3.05, 3.63) is 101 Å². The first-order valence-corrected chi connectivity index (χ1v) is 13.6. The lowest BCUT2D eigenvalue weighted by Gasteiger charge is -2.31. The Morgan fingerprint density at radius 1 is 0.944 bits per heavy atom. The third kappa shape index (κ3) is 8.15. The van der Waals surface area contributed by atoms with Crippen molar-refractivity contribution < 1.29 is 18.0 Å². The number of nitrogens with zero attached hydrogens (tertiary/aromatic N) is 3. The number of hydrogen-bond acceptors (Lipinski definition) is 5. The molecule has 0 saturated heterocycles. The fourth-order valence-electron chi connectivity index (χ4n) is 3.53. The zero-order valence-corrected chi connectivity index (χ0v) is 21.7. The summed E-state index contributed by atoms with van der Waals surface area (Å²) in [5, 5.41) is 3.37. The second-order valence-corrected chi connectivity index (χ2v) is 10.8. The van der Waals surface area contributed by atoms with E-state index in [0.717, 1.165) is 27.3 Å². The predicted molar refractivity (Wildman–Crippen MR) is 139 cm³/mol. The van der Waals surface area contributed by atoms with E-state index >= 15 is 0 Å². The zero-order valence-electron chi connectivity index (χ0n) is 20.2. The average Bonchev–Trinajstić information content (AvgIpc) is 2.86. The summed E-state index contributed by atoms with van der Waals surface area (Å²) in [5.41, 5.74) is 2.33. The van der Waals surface area contributed by atoms with Gasteiger partial charge in [-0.3, -0.25) is 14.6 Å². The van der Waals surface area contributed by atoms with E-state index in [4.69, 9.17) is 11.6 Å². The number of halogens is 1. The monoisotopic (exact) mass is 528 g/mol. The van der Waals surface area contributed by atoms with Crippen molar-refractivity contribution in [1.82, 2.24) is 19.5 Å². The van der Waals surface area contributed by atoms with E-state index in [1.54, 1.807) is 73.9 Å². The first kappa shape index (κ1) is 27.3. The van der Waals surface area contributed by atoms with Crippen molar-refractivity contribution in [2.75, 3.05) is 12.8 Å². The highest BCUT2D eigenvalue weighted by Gasteiger charge is 2.29. The van der Waals surface area contributed by atoms with Crippen LogP contribution in [0.5, 0.6) is 0 Å². The molecule has 2 aromatic carbocycles. The van der Waals surface area contributed by atoms with Gasteiger partial charge in [0.2, 0.25) is 21.8 Å². The van der Waals surface area contributed by atoms with Crippen LogP contribution in [0.25, 0.3) is 0 Å². The molecule has 1 aromatic heterocycles. The van der Waals surface area contributed by atoms with Gasteiger partial charge in [-0.2, -0.15) is 4.31 Å². The van der Waals surface area contributed by atoms with Crippen LogP contribution in [0.2, 0.25) is 5.02 Å². The van der Waals surface area contributed by atoms with Crippen LogP contribution in [-0.4, -0.2) is 53.3 Å². The highest BCUT2D eigenvalue weighted by Crippen LogP contribution is 2.16. The van der Waals surface area contributed by atoms with Gasteiger partial charge in [-0.1, -0.05) is 60.1 Å². The Morgan fingerprint density at radius 3 is 2.19 bits per heavy atom. The van der Waals surface area contributed by atoms with Crippen molar-refractivity contribution in [3.8, 4) is 0 Å². The minimum atomic E-state index is -3.70. The molecule has 0 aliphatic heterocycles. The molecule has 10 heteroatoms. The lowest BCUT2D eigenvalue weighted by molar-refractivity contribution is -0.140. The quantitative estimate of drug-likeness (QED) is 0.412. The number of benzene rings is 2. The van der Waals surface area contributed by atoms with E-state index in [9.17, 15) is 18.0 Å². The molecule has 2 amide bonds. The minimum Gasteiger partial charge on any atom is -0.350 e. The molecule has 0 aliphatic rings. The molecular formula is C26H29ClN4O4S. The number of hydrogen-bond donors (Lipinski definition) is 1. The standard InChI is InChI=1S/C26H29ClN4O4S/c1-20(26(33)29-16-23-9-6-14-28-15-23)31(18-22-10-12-24(27)13-11-22)25(32)19-30(36(2,34)35)17-21-7-4-3-5-8-21/h3-15,20H,16-19H2,1-2H3,(H,29,33). The molecule has 0 aliphatic carbocycles. The third-order valence-corrected chi connectivity index (χ3v) is 7.05.